The third-order valence-corrected chi connectivity index (χ3v) is 3.34. The SMILES string of the molecule is Cc1ccc(OCc2ccccc2Br)c(CO)n1. The van der Waals surface area contributed by atoms with Crippen LogP contribution in [0.4, 0.5) is 0 Å². The molecule has 0 unspecified atom stereocenters. The van der Waals surface area contributed by atoms with E-state index in [1.54, 1.807) is 0 Å². The van der Waals surface area contributed by atoms with Crippen molar-refractivity contribution in [3.05, 3.63) is 57.8 Å². The van der Waals surface area contributed by atoms with E-state index in [0.29, 0.717) is 18.1 Å². The van der Waals surface area contributed by atoms with Crippen molar-refractivity contribution in [2.45, 2.75) is 20.1 Å². The fraction of sp³-hybridized carbons (Fsp3) is 0.214. The Morgan fingerprint density at radius 2 is 2.00 bits per heavy atom. The lowest BCUT2D eigenvalue weighted by Gasteiger charge is -2.11. The molecule has 0 aliphatic heterocycles. The molecule has 0 aliphatic rings. The Morgan fingerprint density at radius 3 is 2.72 bits per heavy atom. The lowest BCUT2D eigenvalue weighted by Crippen LogP contribution is -2.02. The van der Waals surface area contributed by atoms with Crippen LogP contribution in [0.25, 0.3) is 0 Å². The number of pyridine rings is 1. The minimum absolute atomic E-state index is 0.118. The van der Waals surface area contributed by atoms with Crippen LogP contribution in [0.5, 0.6) is 5.75 Å². The normalized spacial score (nSPS) is 10.4. The summed E-state index contributed by atoms with van der Waals surface area (Å²) in [6, 6.07) is 11.6. The van der Waals surface area contributed by atoms with Gasteiger partial charge < -0.3 is 9.84 Å². The number of hydrogen-bond donors (Lipinski definition) is 1. The highest BCUT2D eigenvalue weighted by molar-refractivity contribution is 9.10. The summed E-state index contributed by atoms with van der Waals surface area (Å²) in [6.45, 7) is 2.21. The number of benzene rings is 1. The second-order valence-corrected chi connectivity index (χ2v) is 4.79. The fourth-order valence-corrected chi connectivity index (χ4v) is 2.01. The van der Waals surface area contributed by atoms with Crippen LogP contribution in [-0.4, -0.2) is 10.1 Å². The van der Waals surface area contributed by atoms with E-state index in [9.17, 15) is 5.11 Å². The molecule has 18 heavy (non-hydrogen) atoms. The molecule has 0 spiro atoms. The molecule has 1 N–H and O–H groups in total. The minimum atomic E-state index is -0.118. The summed E-state index contributed by atoms with van der Waals surface area (Å²) in [5.74, 6) is 0.624. The Balaban J connectivity index is 2.13. The van der Waals surface area contributed by atoms with Crippen LogP contribution in [0.1, 0.15) is 17.0 Å². The number of nitrogens with zero attached hydrogens (tertiary/aromatic N) is 1. The van der Waals surface area contributed by atoms with E-state index in [1.807, 2.05) is 43.3 Å². The molecule has 0 radical (unpaired) electrons. The maximum Gasteiger partial charge on any atom is 0.143 e. The molecule has 0 saturated heterocycles. The van der Waals surface area contributed by atoms with Gasteiger partial charge in [-0.15, -0.1) is 0 Å². The highest BCUT2D eigenvalue weighted by atomic mass is 79.9. The van der Waals surface area contributed by atoms with Gasteiger partial charge in [-0.05, 0) is 25.1 Å². The van der Waals surface area contributed by atoms with Gasteiger partial charge in [0.05, 0.1) is 6.61 Å². The second-order valence-electron chi connectivity index (χ2n) is 3.94. The van der Waals surface area contributed by atoms with Crippen molar-refractivity contribution in [1.82, 2.24) is 4.98 Å². The number of aromatic nitrogens is 1. The molecule has 3 nitrogen and oxygen atoms in total. The predicted molar refractivity (Wildman–Crippen MR) is 73.4 cm³/mol. The standard InChI is InChI=1S/C14H14BrNO2/c1-10-6-7-14(13(8-17)16-10)18-9-11-4-2-3-5-12(11)15/h2-7,17H,8-9H2,1H3. The van der Waals surface area contributed by atoms with Crippen molar-refractivity contribution in [2.24, 2.45) is 0 Å². The molecule has 1 heterocycles. The number of aliphatic hydroxyl groups excluding tert-OH is 1. The van der Waals surface area contributed by atoms with Crippen LogP contribution in [0, 0.1) is 6.92 Å². The highest BCUT2D eigenvalue weighted by Crippen LogP contribution is 2.21. The average Bonchev–Trinajstić information content (AvgIpc) is 2.39. The summed E-state index contributed by atoms with van der Waals surface area (Å²) in [7, 11) is 0. The minimum Gasteiger partial charge on any atom is -0.487 e. The van der Waals surface area contributed by atoms with Gasteiger partial charge in [-0.25, -0.2) is 0 Å². The van der Waals surface area contributed by atoms with Gasteiger partial charge in [0.25, 0.3) is 0 Å². The molecule has 1 aromatic heterocycles. The molecule has 0 atom stereocenters. The van der Waals surface area contributed by atoms with Crippen molar-refractivity contribution in [1.29, 1.82) is 0 Å². The topological polar surface area (TPSA) is 42.4 Å². The van der Waals surface area contributed by atoms with Crippen LogP contribution in [0.3, 0.4) is 0 Å². The zero-order valence-corrected chi connectivity index (χ0v) is 11.6. The highest BCUT2D eigenvalue weighted by Gasteiger charge is 2.06. The van der Waals surface area contributed by atoms with Crippen LogP contribution in [0.15, 0.2) is 40.9 Å². The zero-order valence-electron chi connectivity index (χ0n) is 10.1. The number of hydrogen-bond acceptors (Lipinski definition) is 3. The molecular formula is C14H14BrNO2. The van der Waals surface area contributed by atoms with Crippen LogP contribution < -0.4 is 4.74 Å². The van der Waals surface area contributed by atoms with Gasteiger partial charge in [0.15, 0.2) is 0 Å². The summed E-state index contributed by atoms with van der Waals surface area (Å²) in [5.41, 5.74) is 2.50. The molecule has 0 aliphatic carbocycles. The number of aliphatic hydroxyl groups is 1. The Morgan fingerprint density at radius 1 is 1.22 bits per heavy atom. The predicted octanol–water partition coefficient (Wildman–Crippen LogP) is 3.22. The lowest BCUT2D eigenvalue weighted by atomic mass is 10.2. The van der Waals surface area contributed by atoms with Crippen molar-refractivity contribution in [3.8, 4) is 5.75 Å². The lowest BCUT2D eigenvalue weighted by molar-refractivity contribution is 0.253. The molecule has 0 amide bonds. The van der Waals surface area contributed by atoms with E-state index >= 15 is 0 Å². The van der Waals surface area contributed by atoms with Gasteiger partial charge in [0, 0.05) is 15.7 Å². The van der Waals surface area contributed by atoms with Crippen LogP contribution >= 0.6 is 15.9 Å². The van der Waals surface area contributed by atoms with Crippen molar-refractivity contribution >= 4 is 15.9 Å². The third-order valence-electron chi connectivity index (χ3n) is 2.56. The number of aryl methyl sites for hydroxylation is 1. The summed E-state index contributed by atoms with van der Waals surface area (Å²) in [4.78, 5) is 4.24. The summed E-state index contributed by atoms with van der Waals surface area (Å²) in [5, 5.41) is 9.24. The molecular weight excluding hydrogens is 294 g/mol. The Labute approximate surface area is 115 Å². The fourth-order valence-electron chi connectivity index (χ4n) is 1.61. The Hall–Kier alpha value is -1.39. The van der Waals surface area contributed by atoms with Gasteiger partial charge >= 0.3 is 0 Å². The summed E-state index contributed by atoms with van der Waals surface area (Å²) < 4.78 is 6.71. The summed E-state index contributed by atoms with van der Waals surface area (Å²) >= 11 is 3.47. The second kappa shape index (κ2) is 5.98. The van der Waals surface area contributed by atoms with Gasteiger partial charge in [0.1, 0.15) is 18.1 Å². The quantitative estimate of drug-likeness (QED) is 0.943. The van der Waals surface area contributed by atoms with Gasteiger partial charge in [-0.3, -0.25) is 4.98 Å². The largest absolute Gasteiger partial charge is 0.487 e. The van der Waals surface area contributed by atoms with E-state index in [2.05, 4.69) is 20.9 Å². The first kappa shape index (κ1) is 13.1. The first-order chi connectivity index (χ1) is 8.70. The molecule has 2 rings (SSSR count). The van der Waals surface area contributed by atoms with Crippen molar-refractivity contribution in [3.63, 3.8) is 0 Å². The van der Waals surface area contributed by atoms with E-state index in [0.717, 1.165) is 15.7 Å². The third kappa shape index (κ3) is 3.09. The number of ether oxygens (including phenoxy) is 1. The first-order valence-electron chi connectivity index (χ1n) is 5.64. The van der Waals surface area contributed by atoms with Gasteiger partial charge in [-0.1, -0.05) is 34.1 Å². The van der Waals surface area contributed by atoms with E-state index < -0.39 is 0 Å². The summed E-state index contributed by atoms with van der Waals surface area (Å²) in [6.07, 6.45) is 0. The smallest absolute Gasteiger partial charge is 0.143 e. The van der Waals surface area contributed by atoms with Gasteiger partial charge in [0.2, 0.25) is 0 Å². The van der Waals surface area contributed by atoms with Crippen molar-refractivity contribution in [2.75, 3.05) is 0 Å². The Kier molecular flexibility index (Phi) is 4.33. The number of rotatable bonds is 4. The molecule has 0 saturated carbocycles. The maximum atomic E-state index is 9.24. The van der Waals surface area contributed by atoms with E-state index in [4.69, 9.17) is 4.74 Å². The average molecular weight is 308 g/mol. The maximum absolute atomic E-state index is 9.24. The molecule has 0 fully saturated rings. The molecule has 0 bridgehead atoms. The molecule has 2 aromatic rings. The van der Waals surface area contributed by atoms with Crippen molar-refractivity contribution < 1.29 is 9.84 Å². The monoisotopic (exact) mass is 307 g/mol. The first-order valence-corrected chi connectivity index (χ1v) is 6.43. The molecule has 94 valence electrons. The van der Waals surface area contributed by atoms with Crippen LogP contribution in [0.2, 0.25) is 0 Å². The zero-order chi connectivity index (χ0) is 13.0. The number of halogens is 1. The van der Waals surface area contributed by atoms with Gasteiger partial charge in [-0.2, -0.15) is 0 Å². The molecule has 1 aromatic carbocycles. The Bertz CT molecular complexity index is 543. The van der Waals surface area contributed by atoms with E-state index in [-0.39, 0.29) is 6.61 Å². The van der Waals surface area contributed by atoms with E-state index in [1.165, 1.54) is 0 Å². The van der Waals surface area contributed by atoms with Crippen LogP contribution in [-0.2, 0) is 13.2 Å². The molecule has 4 heteroatoms.